The number of carbonyl (C=O) groups is 1. The van der Waals surface area contributed by atoms with Gasteiger partial charge in [0.15, 0.2) is 0 Å². The lowest BCUT2D eigenvalue weighted by Gasteiger charge is -2.09. The Hall–Kier alpha value is -0.790. The monoisotopic (exact) mass is 282 g/mol. The zero-order chi connectivity index (χ0) is 15.2. The van der Waals surface area contributed by atoms with E-state index in [2.05, 4.69) is 13.5 Å². The highest BCUT2D eigenvalue weighted by molar-refractivity contribution is 5.88. The summed E-state index contributed by atoms with van der Waals surface area (Å²) in [5.74, 6) is -0.0499. The molecule has 0 aromatic heterocycles. The van der Waals surface area contributed by atoms with Crippen LogP contribution >= 0.6 is 0 Å². The minimum atomic E-state index is -0.226. The number of esters is 1. The molecule has 0 aliphatic rings. The van der Waals surface area contributed by atoms with Gasteiger partial charge in [-0.2, -0.15) is 0 Å². The summed E-state index contributed by atoms with van der Waals surface area (Å²) in [6.45, 7) is 10.5. The predicted molar refractivity (Wildman–Crippen MR) is 86.8 cm³/mol. The van der Waals surface area contributed by atoms with Gasteiger partial charge < -0.3 is 4.74 Å². The molecule has 2 heteroatoms. The molecule has 0 heterocycles. The lowest BCUT2D eigenvalue weighted by atomic mass is 10.1. The van der Waals surface area contributed by atoms with Gasteiger partial charge in [-0.3, -0.25) is 0 Å². The van der Waals surface area contributed by atoms with Gasteiger partial charge in [0, 0.05) is 5.57 Å². The molecule has 0 bridgehead atoms. The van der Waals surface area contributed by atoms with Crippen molar-refractivity contribution >= 4 is 5.97 Å². The lowest BCUT2D eigenvalue weighted by Crippen LogP contribution is -2.12. The van der Waals surface area contributed by atoms with E-state index >= 15 is 0 Å². The number of unbranched alkanes of at least 4 members (excludes halogenated alkanes) is 9. The van der Waals surface area contributed by atoms with Crippen LogP contribution < -0.4 is 0 Å². The summed E-state index contributed by atoms with van der Waals surface area (Å²) >= 11 is 0. The molecule has 2 nitrogen and oxygen atoms in total. The van der Waals surface area contributed by atoms with Gasteiger partial charge in [0.25, 0.3) is 0 Å². The molecule has 0 aliphatic heterocycles. The van der Waals surface area contributed by atoms with Crippen LogP contribution in [0, 0.1) is 5.92 Å². The first-order chi connectivity index (χ1) is 9.59. The van der Waals surface area contributed by atoms with E-state index in [1.807, 2.05) is 13.8 Å². The minimum absolute atomic E-state index is 0.176. The summed E-state index contributed by atoms with van der Waals surface area (Å²) in [5.41, 5.74) is 0.581. The van der Waals surface area contributed by atoms with E-state index in [0.717, 1.165) is 12.8 Å². The van der Waals surface area contributed by atoms with Crippen molar-refractivity contribution in [3.8, 4) is 0 Å². The second-order valence-electron chi connectivity index (χ2n) is 6.00. The third-order valence-electron chi connectivity index (χ3n) is 3.69. The van der Waals surface area contributed by atoms with Gasteiger partial charge in [-0.25, -0.2) is 4.79 Å². The zero-order valence-corrected chi connectivity index (χ0v) is 13.9. The summed E-state index contributed by atoms with van der Waals surface area (Å²) in [4.78, 5) is 11.5. The predicted octanol–water partition coefficient (Wildman–Crippen LogP) is 5.66. The van der Waals surface area contributed by atoms with Crippen LogP contribution in [0.5, 0.6) is 0 Å². The van der Waals surface area contributed by atoms with Crippen LogP contribution in [-0.4, -0.2) is 12.6 Å². The Balaban J connectivity index is 3.25. The molecule has 118 valence electrons. The standard InChI is InChI=1S/C18H34O2/c1-5-6-7-8-9-10-11-12-13-14-15-20-18(19)17(4)16(2)3/h16H,4-15H2,1-3H3. The van der Waals surface area contributed by atoms with Gasteiger partial charge in [0.1, 0.15) is 0 Å². The van der Waals surface area contributed by atoms with E-state index in [9.17, 15) is 4.79 Å². The fourth-order valence-electron chi connectivity index (χ4n) is 2.08. The third-order valence-corrected chi connectivity index (χ3v) is 3.69. The fraction of sp³-hybridized carbons (Fsp3) is 0.833. The van der Waals surface area contributed by atoms with Crippen LogP contribution in [-0.2, 0) is 9.53 Å². The lowest BCUT2D eigenvalue weighted by molar-refractivity contribution is -0.139. The van der Waals surface area contributed by atoms with Crippen molar-refractivity contribution in [1.29, 1.82) is 0 Å². The van der Waals surface area contributed by atoms with Crippen molar-refractivity contribution in [2.75, 3.05) is 6.61 Å². The maximum Gasteiger partial charge on any atom is 0.333 e. The Labute approximate surface area is 126 Å². The van der Waals surface area contributed by atoms with Gasteiger partial charge in [-0.1, -0.05) is 85.1 Å². The van der Waals surface area contributed by atoms with E-state index in [4.69, 9.17) is 4.74 Å². The highest BCUT2D eigenvalue weighted by Gasteiger charge is 2.11. The summed E-state index contributed by atoms with van der Waals surface area (Å²) in [6, 6.07) is 0. The third kappa shape index (κ3) is 11.1. The second kappa shape index (κ2) is 13.2. The van der Waals surface area contributed by atoms with Crippen LogP contribution in [0.25, 0.3) is 0 Å². The summed E-state index contributed by atoms with van der Waals surface area (Å²) < 4.78 is 5.20. The first-order valence-electron chi connectivity index (χ1n) is 8.45. The Morgan fingerprint density at radius 1 is 0.900 bits per heavy atom. The fourth-order valence-corrected chi connectivity index (χ4v) is 2.08. The van der Waals surface area contributed by atoms with Gasteiger partial charge in [-0.05, 0) is 12.3 Å². The molecule has 0 amide bonds. The zero-order valence-electron chi connectivity index (χ0n) is 13.9. The normalized spacial score (nSPS) is 10.8. The van der Waals surface area contributed by atoms with E-state index in [1.54, 1.807) is 0 Å². The average Bonchev–Trinajstić information content (AvgIpc) is 2.43. The second-order valence-corrected chi connectivity index (χ2v) is 6.00. The molecule has 0 fully saturated rings. The topological polar surface area (TPSA) is 26.3 Å². The van der Waals surface area contributed by atoms with Crippen LogP contribution in [0.2, 0.25) is 0 Å². The van der Waals surface area contributed by atoms with E-state index in [0.29, 0.717) is 12.2 Å². The Kier molecular flexibility index (Phi) is 12.7. The summed E-state index contributed by atoms with van der Waals surface area (Å²) in [6.07, 6.45) is 12.9. The first kappa shape index (κ1) is 19.2. The smallest absolute Gasteiger partial charge is 0.333 e. The number of ether oxygens (including phenoxy) is 1. The molecule has 0 rings (SSSR count). The van der Waals surface area contributed by atoms with Crippen molar-refractivity contribution in [3.05, 3.63) is 12.2 Å². The highest BCUT2D eigenvalue weighted by Crippen LogP contribution is 2.11. The summed E-state index contributed by atoms with van der Waals surface area (Å²) in [7, 11) is 0. The van der Waals surface area contributed by atoms with Crippen molar-refractivity contribution in [3.63, 3.8) is 0 Å². The number of hydrogen-bond donors (Lipinski definition) is 0. The number of rotatable bonds is 13. The molecule has 0 saturated carbocycles. The SMILES string of the molecule is C=C(C(=O)OCCCCCCCCCCCC)C(C)C. The number of carbonyl (C=O) groups excluding carboxylic acids is 1. The largest absolute Gasteiger partial charge is 0.462 e. The van der Waals surface area contributed by atoms with Gasteiger partial charge >= 0.3 is 5.97 Å². The molecule has 0 radical (unpaired) electrons. The molecular weight excluding hydrogens is 248 g/mol. The highest BCUT2D eigenvalue weighted by atomic mass is 16.5. The molecular formula is C18H34O2. The van der Waals surface area contributed by atoms with E-state index < -0.39 is 0 Å². The van der Waals surface area contributed by atoms with Crippen LogP contribution in [0.1, 0.15) is 85.0 Å². The molecule has 0 N–H and O–H groups in total. The van der Waals surface area contributed by atoms with Crippen molar-refractivity contribution in [1.82, 2.24) is 0 Å². The Morgan fingerprint density at radius 2 is 1.35 bits per heavy atom. The van der Waals surface area contributed by atoms with E-state index in [1.165, 1.54) is 51.4 Å². The van der Waals surface area contributed by atoms with Crippen LogP contribution in [0.15, 0.2) is 12.2 Å². The van der Waals surface area contributed by atoms with Gasteiger partial charge in [0.2, 0.25) is 0 Å². The maximum absolute atomic E-state index is 11.5. The van der Waals surface area contributed by atoms with Crippen molar-refractivity contribution in [2.45, 2.75) is 85.0 Å². The quantitative estimate of drug-likeness (QED) is 0.247. The van der Waals surface area contributed by atoms with Crippen molar-refractivity contribution < 1.29 is 9.53 Å². The first-order valence-corrected chi connectivity index (χ1v) is 8.45. The molecule has 20 heavy (non-hydrogen) atoms. The molecule has 0 aromatic rings. The Bertz CT molecular complexity index is 256. The molecule has 0 spiro atoms. The van der Waals surface area contributed by atoms with Crippen LogP contribution in [0.3, 0.4) is 0 Å². The van der Waals surface area contributed by atoms with E-state index in [-0.39, 0.29) is 11.9 Å². The molecule has 0 aliphatic carbocycles. The number of hydrogen-bond acceptors (Lipinski definition) is 2. The average molecular weight is 282 g/mol. The molecule has 0 atom stereocenters. The van der Waals surface area contributed by atoms with Crippen molar-refractivity contribution in [2.24, 2.45) is 5.92 Å². The van der Waals surface area contributed by atoms with Crippen LogP contribution in [0.4, 0.5) is 0 Å². The Morgan fingerprint density at radius 3 is 1.80 bits per heavy atom. The van der Waals surface area contributed by atoms with Gasteiger partial charge in [-0.15, -0.1) is 0 Å². The minimum Gasteiger partial charge on any atom is -0.462 e. The maximum atomic E-state index is 11.5. The van der Waals surface area contributed by atoms with Gasteiger partial charge in [0.05, 0.1) is 6.61 Å². The summed E-state index contributed by atoms with van der Waals surface area (Å²) in [5, 5.41) is 0. The molecule has 0 unspecified atom stereocenters. The molecule has 0 saturated heterocycles. The molecule has 0 aromatic carbocycles.